The van der Waals surface area contributed by atoms with Crippen molar-refractivity contribution in [1.82, 2.24) is 10.6 Å². The first-order valence-corrected chi connectivity index (χ1v) is 13.3. The molecule has 2 aromatic carbocycles. The second-order valence-corrected chi connectivity index (χ2v) is 10.7. The zero-order valence-corrected chi connectivity index (χ0v) is 24.1. The summed E-state index contributed by atoms with van der Waals surface area (Å²) >= 11 is 0. The van der Waals surface area contributed by atoms with Crippen LogP contribution in [0.2, 0.25) is 0 Å². The number of alkyl carbamates (subject to hydrolysis) is 1. The lowest BCUT2D eigenvalue weighted by molar-refractivity contribution is -0.145. The predicted octanol–water partition coefficient (Wildman–Crippen LogP) is 4.18. The third-order valence-corrected chi connectivity index (χ3v) is 6.49. The minimum Gasteiger partial charge on any atom is -0.493 e. The van der Waals surface area contributed by atoms with Gasteiger partial charge in [0.1, 0.15) is 11.7 Å². The van der Waals surface area contributed by atoms with E-state index >= 15 is 0 Å². The Balaban J connectivity index is 1.64. The Morgan fingerprint density at radius 3 is 2.23 bits per heavy atom. The van der Waals surface area contributed by atoms with Gasteiger partial charge in [0, 0.05) is 13.0 Å². The lowest BCUT2D eigenvalue weighted by Crippen LogP contribution is -2.46. The van der Waals surface area contributed by atoms with E-state index in [4.69, 9.17) is 23.7 Å². The fourth-order valence-electron chi connectivity index (χ4n) is 4.60. The van der Waals surface area contributed by atoms with E-state index in [9.17, 15) is 14.4 Å². The zero-order valence-electron chi connectivity index (χ0n) is 24.1. The molecule has 1 heterocycles. The Hall–Kier alpha value is -3.95. The number of esters is 1. The van der Waals surface area contributed by atoms with Gasteiger partial charge in [0.05, 0.1) is 33.3 Å². The number of ether oxygens (including phenoxy) is 5. The number of hydrogen-bond donors (Lipinski definition) is 2. The molecule has 40 heavy (non-hydrogen) atoms. The summed E-state index contributed by atoms with van der Waals surface area (Å²) in [6.07, 6.45) is 0.138. The topological polar surface area (TPSA) is 121 Å². The normalized spacial score (nSPS) is 17.4. The van der Waals surface area contributed by atoms with Crippen LogP contribution in [-0.4, -0.2) is 57.0 Å². The van der Waals surface area contributed by atoms with E-state index in [-0.39, 0.29) is 37.2 Å². The second-order valence-electron chi connectivity index (χ2n) is 10.7. The average Bonchev–Trinajstić information content (AvgIpc) is 3.28. The summed E-state index contributed by atoms with van der Waals surface area (Å²) in [4.78, 5) is 38.1. The lowest BCUT2D eigenvalue weighted by atomic mass is 9.93. The standard InChI is InChI=1S/C30H40N2O8/c1-30(2,3)40-29(35)32-22(23-17-21(28(34)39-23)14-19-10-8-7-9-11-19)12-13-26(33)31-18-20-15-24(36-4)27(38-6)25(16-20)37-5/h7-11,15-16,21-23H,12-14,17-18H2,1-6H3,(H,31,33)(H,32,35)/t21-,22+,23-/m1/s1. The van der Waals surface area contributed by atoms with E-state index in [0.29, 0.717) is 30.1 Å². The molecular formula is C30H40N2O8. The van der Waals surface area contributed by atoms with Crippen LogP contribution in [0.25, 0.3) is 0 Å². The van der Waals surface area contributed by atoms with Crippen molar-refractivity contribution in [1.29, 1.82) is 0 Å². The summed E-state index contributed by atoms with van der Waals surface area (Å²) in [7, 11) is 4.57. The minimum absolute atomic E-state index is 0.0995. The molecule has 2 N–H and O–H groups in total. The van der Waals surface area contributed by atoms with Gasteiger partial charge in [-0.15, -0.1) is 0 Å². The van der Waals surface area contributed by atoms with Gasteiger partial charge in [0.15, 0.2) is 11.5 Å². The van der Waals surface area contributed by atoms with Crippen molar-refractivity contribution in [3.63, 3.8) is 0 Å². The van der Waals surface area contributed by atoms with Gasteiger partial charge in [-0.3, -0.25) is 9.59 Å². The highest BCUT2D eigenvalue weighted by atomic mass is 16.6. The number of cyclic esters (lactones) is 1. The molecular weight excluding hydrogens is 516 g/mol. The first kappa shape index (κ1) is 30.6. The number of benzene rings is 2. The summed E-state index contributed by atoms with van der Waals surface area (Å²) in [5.74, 6) is 0.574. The number of nitrogens with one attached hydrogen (secondary N) is 2. The van der Waals surface area contributed by atoms with Crippen molar-refractivity contribution < 1.29 is 38.1 Å². The molecule has 0 bridgehead atoms. The van der Waals surface area contributed by atoms with Gasteiger partial charge in [0.2, 0.25) is 11.7 Å². The SMILES string of the molecule is COc1cc(CNC(=O)CC[C@H](NC(=O)OC(C)(C)C)[C@H]2C[C@@H](Cc3ccccc3)C(=O)O2)cc(OC)c1OC. The summed E-state index contributed by atoms with van der Waals surface area (Å²) in [6, 6.07) is 12.6. The summed E-state index contributed by atoms with van der Waals surface area (Å²) < 4.78 is 27.2. The van der Waals surface area contributed by atoms with Gasteiger partial charge in [-0.2, -0.15) is 0 Å². The molecule has 2 amide bonds. The Morgan fingerprint density at radius 2 is 1.65 bits per heavy atom. The van der Waals surface area contributed by atoms with Crippen molar-refractivity contribution >= 4 is 18.0 Å². The van der Waals surface area contributed by atoms with Crippen LogP contribution in [0, 0.1) is 5.92 Å². The summed E-state index contributed by atoms with van der Waals surface area (Å²) in [5, 5.41) is 5.71. The van der Waals surface area contributed by atoms with Crippen molar-refractivity contribution in [3.05, 3.63) is 53.6 Å². The molecule has 1 fully saturated rings. The van der Waals surface area contributed by atoms with Crippen LogP contribution in [-0.2, 0) is 32.0 Å². The Labute approximate surface area is 235 Å². The third-order valence-electron chi connectivity index (χ3n) is 6.49. The summed E-state index contributed by atoms with van der Waals surface area (Å²) in [6.45, 7) is 5.54. The maximum atomic E-state index is 12.8. The quantitative estimate of drug-likeness (QED) is 0.374. The summed E-state index contributed by atoms with van der Waals surface area (Å²) in [5.41, 5.74) is 1.10. The molecule has 3 atom stereocenters. The largest absolute Gasteiger partial charge is 0.493 e. The molecule has 0 saturated carbocycles. The van der Waals surface area contributed by atoms with Crippen molar-refractivity contribution in [2.24, 2.45) is 5.92 Å². The number of methoxy groups -OCH3 is 3. The Morgan fingerprint density at radius 1 is 1.00 bits per heavy atom. The van der Waals surface area contributed by atoms with E-state index in [2.05, 4.69) is 10.6 Å². The second kappa shape index (κ2) is 13.9. The number of rotatable bonds is 12. The molecule has 1 aliphatic rings. The van der Waals surface area contributed by atoms with Crippen LogP contribution in [0.3, 0.4) is 0 Å². The molecule has 218 valence electrons. The first-order valence-electron chi connectivity index (χ1n) is 13.3. The van der Waals surface area contributed by atoms with E-state index in [0.717, 1.165) is 11.1 Å². The molecule has 1 saturated heterocycles. The monoisotopic (exact) mass is 556 g/mol. The van der Waals surface area contributed by atoms with Crippen LogP contribution in [0.5, 0.6) is 17.2 Å². The molecule has 0 aromatic heterocycles. The van der Waals surface area contributed by atoms with Crippen LogP contribution < -0.4 is 24.8 Å². The van der Waals surface area contributed by atoms with Crippen LogP contribution in [0.4, 0.5) is 4.79 Å². The van der Waals surface area contributed by atoms with E-state index < -0.39 is 23.8 Å². The number of carbonyl (C=O) groups is 3. The van der Waals surface area contributed by atoms with Gasteiger partial charge >= 0.3 is 12.1 Å². The molecule has 1 aliphatic heterocycles. The molecule has 0 aliphatic carbocycles. The molecule has 0 unspecified atom stereocenters. The van der Waals surface area contributed by atoms with Crippen molar-refractivity contribution in [2.45, 2.75) is 70.7 Å². The van der Waals surface area contributed by atoms with Gasteiger partial charge in [-0.05, 0) is 63.3 Å². The molecule has 10 heteroatoms. The smallest absolute Gasteiger partial charge is 0.408 e. The number of amides is 2. The van der Waals surface area contributed by atoms with Crippen LogP contribution in [0.15, 0.2) is 42.5 Å². The van der Waals surface area contributed by atoms with Crippen molar-refractivity contribution in [2.75, 3.05) is 21.3 Å². The number of hydrogen-bond acceptors (Lipinski definition) is 8. The third kappa shape index (κ3) is 8.79. The Kier molecular flexibility index (Phi) is 10.6. The fraction of sp³-hybridized carbons (Fsp3) is 0.500. The highest BCUT2D eigenvalue weighted by Crippen LogP contribution is 2.38. The number of carbonyl (C=O) groups excluding carboxylic acids is 3. The van der Waals surface area contributed by atoms with Crippen molar-refractivity contribution in [3.8, 4) is 17.2 Å². The molecule has 10 nitrogen and oxygen atoms in total. The average molecular weight is 557 g/mol. The van der Waals surface area contributed by atoms with E-state index in [1.165, 1.54) is 21.3 Å². The minimum atomic E-state index is -0.700. The highest BCUT2D eigenvalue weighted by Gasteiger charge is 2.40. The molecule has 2 aromatic rings. The lowest BCUT2D eigenvalue weighted by Gasteiger charge is -2.26. The van der Waals surface area contributed by atoms with Gasteiger partial charge in [0.25, 0.3) is 0 Å². The van der Waals surface area contributed by atoms with E-state index in [1.807, 2.05) is 30.3 Å². The Bertz CT molecular complexity index is 1140. The maximum absolute atomic E-state index is 12.8. The zero-order chi connectivity index (χ0) is 29.3. The predicted molar refractivity (Wildman–Crippen MR) is 148 cm³/mol. The van der Waals surface area contributed by atoms with Gasteiger partial charge in [-0.25, -0.2) is 4.79 Å². The van der Waals surface area contributed by atoms with E-state index in [1.54, 1.807) is 32.9 Å². The molecule has 0 spiro atoms. The molecule has 3 rings (SSSR count). The first-order chi connectivity index (χ1) is 19.0. The molecule has 0 radical (unpaired) electrons. The fourth-order valence-corrected chi connectivity index (χ4v) is 4.60. The van der Waals surface area contributed by atoms with Gasteiger partial charge < -0.3 is 34.3 Å². The van der Waals surface area contributed by atoms with Crippen LogP contribution in [0.1, 0.15) is 51.2 Å². The van der Waals surface area contributed by atoms with Gasteiger partial charge in [-0.1, -0.05) is 30.3 Å². The highest BCUT2D eigenvalue weighted by molar-refractivity contribution is 5.77. The maximum Gasteiger partial charge on any atom is 0.408 e. The van der Waals surface area contributed by atoms with Crippen LogP contribution >= 0.6 is 0 Å².